The number of rotatable bonds is 8. The normalized spacial score (nSPS) is 10.8. The first-order valence-electron chi connectivity index (χ1n) is 6.41. The Hall–Kier alpha value is -0.810. The summed E-state index contributed by atoms with van der Waals surface area (Å²) in [5.74, 6) is 0.00339. The van der Waals surface area contributed by atoms with Gasteiger partial charge in [0.05, 0.1) is 16.6 Å². The molecule has 0 aliphatic heterocycles. The second-order valence-corrected chi connectivity index (χ2v) is 5.43. The fourth-order valence-corrected chi connectivity index (χ4v) is 2.07. The van der Waals surface area contributed by atoms with E-state index in [4.69, 9.17) is 27.9 Å². The van der Waals surface area contributed by atoms with Crippen molar-refractivity contribution in [1.82, 2.24) is 10.2 Å². The molecule has 0 aliphatic carbocycles. The predicted octanol–water partition coefficient (Wildman–Crippen LogP) is 2.58. The lowest BCUT2D eigenvalue weighted by molar-refractivity contribution is -0.122. The zero-order chi connectivity index (χ0) is 15.0. The Bertz CT molecular complexity index is 441. The molecule has 1 N–H and O–H groups in total. The summed E-state index contributed by atoms with van der Waals surface area (Å²) in [4.78, 5) is 13.6. The van der Waals surface area contributed by atoms with Crippen molar-refractivity contribution in [3.8, 4) is 0 Å². The minimum atomic E-state index is 0.00339. The van der Waals surface area contributed by atoms with E-state index in [2.05, 4.69) is 5.32 Å². The lowest BCUT2D eigenvalue weighted by Crippen LogP contribution is -2.35. The first kappa shape index (κ1) is 17.2. The first-order chi connectivity index (χ1) is 9.52. The van der Waals surface area contributed by atoms with E-state index in [0.29, 0.717) is 36.3 Å². The largest absolute Gasteiger partial charge is 0.385 e. The Kier molecular flexibility index (Phi) is 7.92. The van der Waals surface area contributed by atoms with Crippen molar-refractivity contribution in [3.63, 3.8) is 0 Å². The minimum absolute atomic E-state index is 0.00339. The number of carbonyl (C=O) groups excluding carboxylic acids is 1. The Balaban J connectivity index is 2.33. The molecule has 1 aromatic carbocycles. The third-order valence-corrected chi connectivity index (χ3v) is 3.44. The average Bonchev–Trinajstić information content (AvgIpc) is 2.39. The number of methoxy groups -OCH3 is 1. The SMILES string of the molecule is COCCCNC(=O)CN(C)Cc1ccc(Cl)c(Cl)c1. The molecule has 4 nitrogen and oxygen atoms in total. The fraction of sp³-hybridized carbons (Fsp3) is 0.500. The average molecular weight is 319 g/mol. The van der Waals surface area contributed by atoms with E-state index < -0.39 is 0 Å². The van der Waals surface area contributed by atoms with Crippen LogP contribution in [0.5, 0.6) is 0 Å². The van der Waals surface area contributed by atoms with Crippen LogP contribution in [0.15, 0.2) is 18.2 Å². The molecule has 0 radical (unpaired) electrons. The monoisotopic (exact) mass is 318 g/mol. The maximum atomic E-state index is 11.7. The molecular formula is C14H20Cl2N2O2. The molecule has 0 aliphatic rings. The molecule has 112 valence electrons. The number of amides is 1. The van der Waals surface area contributed by atoms with Crippen molar-refractivity contribution in [1.29, 1.82) is 0 Å². The summed E-state index contributed by atoms with van der Waals surface area (Å²) in [6.45, 7) is 2.27. The van der Waals surface area contributed by atoms with Gasteiger partial charge in [0.1, 0.15) is 0 Å². The number of benzene rings is 1. The molecule has 0 aromatic heterocycles. The number of nitrogens with zero attached hydrogens (tertiary/aromatic N) is 1. The summed E-state index contributed by atoms with van der Waals surface area (Å²) in [7, 11) is 3.53. The second kappa shape index (κ2) is 9.19. The van der Waals surface area contributed by atoms with E-state index in [1.165, 1.54) is 0 Å². The van der Waals surface area contributed by atoms with Gasteiger partial charge in [0.25, 0.3) is 0 Å². The fourth-order valence-electron chi connectivity index (χ4n) is 1.75. The molecule has 6 heteroatoms. The molecule has 0 unspecified atom stereocenters. The van der Waals surface area contributed by atoms with E-state index in [-0.39, 0.29) is 5.91 Å². The van der Waals surface area contributed by atoms with Crippen LogP contribution < -0.4 is 5.32 Å². The smallest absolute Gasteiger partial charge is 0.234 e. The van der Waals surface area contributed by atoms with Gasteiger partial charge in [-0.25, -0.2) is 0 Å². The van der Waals surface area contributed by atoms with Gasteiger partial charge in [-0.3, -0.25) is 9.69 Å². The van der Waals surface area contributed by atoms with Crippen LogP contribution >= 0.6 is 23.2 Å². The van der Waals surface area contributed by atoms with Gasteiger partial charge in [0.15, 0.2) is 0 Å². The number of likely N-dealkylation sites (N-methyl/N-ethyl adjacent to an activating group) is 1. The summed E-state index contributed by atoms with van der Waals surface area (Å²) in [6.07, 6.45) is 0.818. The number of carbonyl (C=O) groups is 1. The highest BCUT2D eigenvalue weighted by atomic mass is 35.5. The molecular weight excluding hydrogens is 299 g/mol. The van der Waals surface area contributed by atoms with Crippen LogP contribution in [0.4, 0.5) is 0 Å². The summed E-state index contributed by atoms with van der Waals surface area (Å²) in [5.41, 5.74) is 1.02. The van der Waals surface area contributed by atoms with E-state index in [9.17, 15) is 4.79 Å². The van der Waals surface area contributed by atoms with Gasteiger partial charge in [-0.1, -0.05) is 29.3 Å². The van der Waals surface area contributed by atoms with Crippen LogP contribution in [-0.4, -0.2) is 44.7 Å². The zero-order valence-corrected chi connectivity index (χ0v) is 13.3. The molecule has 1 aromatic rings. The topological polar surface area (TPSA) is 41.6 Å². The number of nitrogens with one attached hydrogen (secondary N) is 1. The maximum absolute atomic E-state index is 11.7. The van der Waals surface area contributed by atoms with Crippen LogP contribution in [-0.2, 0) is 16.1 Å². The van der Waals surface area contributed by atoms with E-state index in [0.717, 1.165) is 12.0 Å². The third-order valence-electron chi connectivity index (χ3n) is 2.70. The minimum Gasteiger partial charge on any atom is -0.385 e. The summed E-state index contributed by atoms with van der Waals surface area (Å²) in [6, 6.07) is 5.48. The molecule has 0 heterocycles. The molecule has 0 saturated carbocycles. The van der Waals surface area contributed by atoms with Gasteiger partial charge in [0, 0.05) is 26.8 Å². The lowest BCUT2D eigenvalue weighted by Gasteiger charge is -2.16. The van der Waals surface area contributed by atoms with Crippen molar-refractivity contribution in [2.24, 2.45) is 0 Å². The predicted molar refractivity (Wildman–Crippen MR) is 82.3 cm³/mol. The first-order valence-corrected chi connectivity index (χ1v) is 7.16. The molecule has 1 amide bonds. The third kappa shape index (κ3) is 6.57. The van der Waals surface area contributed by atoms with Gasteiger partial charge in [-0.05, 0) is 31.2 Å². The van der Waals surface area contributed by atoms with Crippen molar-refractivity contribution in [3.05, 3.63) is 33.8 Å². The van der Waals surface area contributed by atoms with Gasteiger partial charge >= 0.3 is 0 Å². The summed E-state index contributed by atoms with van der Waals surface area (Å²) < 4.78 is 4.92. The number of hydrogen-bond donors (Lipinski definition) is 1. The van der Waals surface area contributed by atoms with E-state index in [1.807, 2.05) is 24.1 Å². The molecule has 20 heavy (non-hydrogen) atoms. The van der Waals surface area contributed by atoms with Gasteiger partial charge in [-0.2, -0.15) is 0 Å². The summed E-state index contributed by atoms with van der Waals surface area (Å²) in [5, 5.41) is 3.91. The second-order valence-electron chi connectivity index (χ2n) is 4.62. The molecule has 0 bridgehead atoms. The Morgan fingerprint density at radius 1 is 1.35 bits per heavy atom. The van der Waals surface area contributed by atoms with Gasteiger partial charge < -0.3 is 10.1 Å². The van der Waals surface area contributed by atoms with Crippen molar-refractivity contribution < 1.29 is 9.53 Å². The van der Waals surface area contributed by atoms with Crippen molar-refractivity contribution in [2.75, 3.05) is 33.9 Å². The molecule has 0 atom stereocenters. The Labute approximate surface area is 130 Å². The zero-order valence-electron chi connectivity index (χ0n) is 11.8. The molecule has 0 fully saturated rings. The molecule has 1 rings (SSSR count). The standard InChI is InChI=1S/C14H20Cl2N2O2/c1-18(10-14(19)17-6-3-7-20-2)9-11-4-5-12(15)13(16)8-11/h4-5,8H,3,6-7,9-10H2,1-2H3,(H,17,19). The quantitative estimate of drug-likeness (QED) is 0.749. The van der Waals surface area contributed by atoms with E-state index >= 15 is 0 Å². The van der Waals surface area contributed by atoms with Gasteiger partial charge in [0.2, 0.25) is 5.91 Å². The van der Waals surface area contributed by atoms with Crippen LogP contribution in [0, 0.1) is 0 Å². The van der Waals surface area contributed by atoms with Crippen LogP contribution in [0.2, 0.25) is 10.0 Å². The van der Waals surface area contributed by atoms with E-state index in [1.54, 1.807) is 13.2 Å². The van der Waals surface area contributed by atoms with Crippen molar-refractivity contribution in [2.45, 2.75) is 13.0 Å². The highest BCUT2D eigenvalue weighted by Gasteiger charge is 2.07. The molecule has 0 saturated heterocycles. The maximum Gasteiger partial charge on any atom is 0.234 e. The number of halogens is 2. The van der Waals surface area contributed by atoms with Crippen LogP contribution in [0.25, 0.3) is 0 Å². The summed E-state index contributed by atoms with van der Waals surface area (Å²) >= 11 is 11.8. The Morgan fingerprint density at radius 3 is 2.75 bits per heavy atom. The number of ether oxygens (including phenoxy) is 1. The number of hydrogen-bond acceptors (Lipinski definition) is 3. The van der Waals surface area contributed by atoms with Crippen LogP contribution in [0.3, 0.4) is 0 Å². The van der Waals surface area contributed by atoms with Crippen molar-refractivity contribution >= 4 is 29.1 Å². The van der Waals surface area contributed by atoms with Gasteiger partial charge in [-0.15, -0.1) is 0 Å². The molecule has 0 spiro atoms. The lowest BCUT2D eigenvalue weighted by atomic mass is 10.2. The highest BCUT2D eigenvalue weighted by molar-refractivity contribution is 6.42. The Morgan fingerprint density at radius 2 is 2.10 bits per heavy atom. The van der Waals surface area contributed by atoms with Crippen LogP contribution in [0.1, 0.15) is 12.0 Å². The highest BCUT2D eigenvalue weighted by Crippen LogP contribution is 2.22.